The molecule has 1 aliphatic rings. The molecule has 0 bridgehead atoms. The van der Waals surface area contributed by atoms with Gasteiger partial charge in [-0.3, -0.25) is 0 Å². The van der Waals surface area contributed by atoms with Gasteiger partial charge in [0.15, 0.2) is 0 Å². The highest BCUT2D eigenvalue weighted by atomic mass is 16.6. The van der Waals surface area contributed by atoms with Gasteiger partial charge in [-0.1, -0.05) is 0 Å². The van der Waals surface area contributed by atoms with Crippen molar-refractivity contribution < 1.29 is 9.53 Å². The van der Waals surface area contributed by atoms with E-state index in [1.54, 1.807) is 6.20 Å². The molecule has 0 radical (unpaired) electrons. The lowest BCUT2D eigenvalue weighted by Crippen LogP contribution is -2.44. The average molecular weight is 294 g/mol. The number of likely N-dealkylation sites (tertiary alicyclic amines) is 1. The van der Waals surface area contributed by atoms with Crippen LogP contribution < -0.4 is 5.32 Å². The normalized spacial score (nSPS) is 19.0. The summed E-state index contributed by atoms with van der Waals surface area (Å²) in [4.78, 5) is 18.0. The third kappa shape index (κ3) is 5.04. The van der Waals surface area contributed by atoms with Crippen LogP contribution in [0.3, 0.4) is 0 Å². The van der Waals surface area contributed by atoms with Gasteiger partial charge in [-0.15, -0.1) is 0 Å². The topological polar surface area (TPSA) is 59.4 Å². The van der Waals surface area contributed by atoms with Gasteiger partial charge in [0.25, 0.3) is 0 Å². The van der Waals surface area contributed by atoms with Crippen LogP contribution in [0.2, 0.25) is 0 Å². The Balaban J connectivity index is 1.72. The van der Waals surface area contributed by atoms with Crippen molar-refractivity contribution in [2.45, 2.75) is 51.8 Å². The highest BCUT2D eigenvalue weighted by molar-refractivity contribution is 5.69. The van der Waals surface area contributed by atoms with E-state index in [0.717, 1.165) is 39.0 Å². The zero-order valence-corrected chi connectivity index (χ0v) is 13.2. The number of carbonyl (C=O) groups is 1. The Bertz CT molecular complexity index is 439. The maximum atomic E-state index is 12.2. The van der Waals surface area contributed by atoms with Gasteiger partial charge in [0, 0.05) is 44.6 Å². The summed E-state index contributed by atoms with van der Waals surface area (Å²) in [5.41, 5.74) is -0.431. The van der Waals surface area contributed by atoms with E-state index in [1.165, 1.54) is 0 Å². The molecule has 1 atom stereocenters. The van der Waals surface area contributed by atoms with Crippen molar-refractivity contribution in [1.29, 1.82) is 0 Å². The summed E-state index contributed by atoms with van der Waals surface area (Å²) in [5, 5.41) is 3.42. The van der Waals surface area contributed by atoms with Gasteiger partial charge in [-0.25, -0.2) is 9.78 Å². The molecule has 6 nitrogen and oxygen atoms in total. The van der Waals surface area contributed by atoms with Crippen molar-refractivity contribution in [2.75, 3.05) is 19.6 Å². The lowest BCUT2D eigenvalue weighted by Gasteiger charge is -2.28. The molecule has 1 N–H and O–H groups in total. The molecule has 1 saturated heterocycles. The molecule has 1 fully saturated rings. The number of rotatable bonds is 5. The summed E-state index contributed by atoms with van der Waals surface area (Å²) in [5.74, 6) is 0. The molecule has 118 valence electrons. The minimum atomic E-state index is -0.431. The zero-order valence-electron chi connectivity index (χ0n) is 13.2. The number of aromatic nitrogens is 2. The molecular formula is C15H26N4O2. The van der Waals surface area contributed by atoms with Crippen LogP contribution in [0.25, 0.3) is 0 Å². The fourth-order valence-corrected chi connectivity index (χ4v) is 2.50. The van der Waals surface area contributed by atoms with E-state index in [9.17, 15) is 4.79 Å². The first-order valence-electron chi connectivity index (χ1n) is 7.62. The Morgan fingerprint density at radius 3 is 2.95 bits per heavy atom. The lowest BCUT2D eigenvalue weighted by molar-refractivity contribution is 0.0226. The van der Waals surface area contributed by atoms with Gasteiger partial charge in [-0.05, 0) is 33.6 Å². The summed E-state index contributed by atoms with van der Waals surface area (Å²) >= 11 is 0. The summed E-state index contributed by atoms with van der Waals surface area (Å²) in [7, 11) is 0. The Hall–Kier alpha value is -1.56. The standard InChI is InChI=1S/C15H26N4O2/c1-15(2,3)21-14(20)19-8-4-5-13(19)11-16-6-9-18-10-7-17-12-18/h7,10,12-13,16H,4-6,8-9,11H2,1-3H3. The fourth-order valence-electron chi connectivity index (χ4n) is 2.50. The number of ether oxygens (including phenoxy) is 1. The van der Waals surface area contributed by atoms with Crippen molar-refractivity contribution >= 4 is 6.09 Å². The van der Waals surface area contributed by atoms with E-state index in [0.29, 0.717) is 0 Å². The second kappa shape index (κ2) is 6.93. The van der Waals surface area contributed by atoms with Crippen molar-refractivity contribution in [3.8, 4) is 0 Å². The molecule has 1 aromatic heterocycles. The average Bonchev–Trinajstić information content (AvgIpc) is 3.04. The van der Waals surface area contributed by atoms with Gasteiger partial charge in [0.05, 0.1) is 6.33 Å². The van der Waals surface area contributed by atoms with Gasteiger partial charge in [-0.2, -0.15) is 0 Å². The largest absolute Gasteiger partial charge is 0.444 e. The number of amides is 1. The van der Waals surface area contributed by atoms with Gasteiger partial charge >= 0.3 is 6.09 Å². The minimum Gasteiger partial charge on any atom is -0.444 e. The number of carbonyl (C=O) groups excluding carboxylic acids is 1. The molecule has 0 spiro atoms. The van der Waals surface area contributed by atoms with E-state index in [4.69, 9.17) is 4.74 Å². The van der Waals surface area contributed by atoms with Crippen molar-refractivity contribution in [3.63, 3.8) is 0 Å². The number of imidazole rings is 1. The Morgan fingerprint density at radius 1 is 1.48 bits per heavy atom. The van der Waals surface area contributed by atoms with E-state index >= 15 is 0 Å². The van der Waals surface area contributed by atoms with Gasteiger partial charge < -0.3 is 19.5 Å². The van der Waals surface area contributed by atoms with Crippen molar-refractivity contribution in [3.05, 3.63) is 18.7 Å². The van der Waals surface area contributed by atoms with E-state index < -0.39 is 5.60 Å². The SMILES string of the molecule is CC(C)(C)OC(=O)N1CCCC1CNCCn1ccnc1. The maximum absolute atomic E-state index is 12.2. The minimum absolute atomic E-state index is 0.193. The molecule has 0 saturated carbocycles. The predicted molar refractivity (Wildman–Crippen MR) is 81.1 cm³/mol. The Kier molecular flexibility index (Phi) is 5.22. The molecule has 1 unspecified atom stereocenters. The lowest BCUT2D eigenvalue weighted by atomic mass is 10.2. The first kappa shape index (κ1) is 15.8. The highest BCUT2D eigenvalue weighted by Gasteiger charge is 2.31. The van der Waals surface area contributed by atoms with Crippen LogP contribution in [0, 0.1) is 0 Å². The van der Waals surface area contributed by atoms with Crippen LogP contribution in [0.4, 0.5) is 4.79 Å². The molecule has 2 heterocycles. The Morgan fingerprint density at radius 2 is 2.29 bits per heavy atom. The fraction of sp³-hybridized carbons (Fsp3) is 0.733. The smallest absolute Gasteiger partial charge is 0.410 e. The first-order chi connectivity index (χ1) is 9.96. The van der Waals surface area contributed by atoms with E-state index in [-0.39, 0.29) is 12.1 Å². The molecule has 1 amide bonds. The van der Waals surface area contributed by atoms with Crippen LogP contribution in [0.5, 0.6) is 0 Å². The van der Waals surface area contributed by atoms with Crippen LogP contribution in [0.15, 0.2) is 18.7 Å². The molecular weight excluding hydrogens is 268 g/mol. The highest BCUT2D eigenvalue weighted by Crippen LogP contribution is 2.20. The van der Waals surface area contributed by atoms with Gasteiger partial charge in [0.1, 0.15) is 5.60 Å². The quantitative estimate of drug-likeness (QED) is 0.842. The molecule has 0 aliphatic carbocycles. The van der Waals surface area contributed by atoms with Crippen molar-refractivity contribution in [2.24, 2.45) is 0 Å². The van der Waals surface area contributed by atoms with Crippen LogP contribution in [-0.2, 0) is 11.3 Å². The summed E-state index contributed by atoms with van der Waals surface area (Å²) in [6, 6.07) is 0.239. The van der Waals surface area contributed by atoms with Crippen LogP contribution >= 0.6 is 0 Å². The zero-order chi connectivity index (χ0) is 15.3. The van der Waals surface area contributed by atoms with Crippen molar-refractivity contribution in [1.82, 2.24) is 19.8 Å². The number of nitrogens with one attached hydrogen (secondary N) is 1. The van der Waals surface area contributed by atoms with E-state index in [2.05, 4.69) is 10.3 Å². The monoisotopic (exact) mass is 294 g/mol. The Labute approximate surface area is 126 Å². The number of hydrogen-bond donors (Lipinski definition) is 1. The molecule has 1 aliphatic heterocycles. The van der Waals surface area contributed by atoms with Crippen LogP contribution in [0.1, 0.15) is 33.6 Å². The second-order valence-corrected chi connectivity index (χ2v) is 6.47. The molecule has 1 aromatic rings. The number of hydrogen-bond acceptors (Lipinski definition) is 4. The third-order valence-corrected chi connectivity index (χ3v) is 3.49. The second-order valence-electron chi connectivity index (χ2n) is 6.47. The summed E-state index contributed by atoms with van der Waals surface area (Å²) < 4.78 is 7.50. The van der Waals surface area contributed by atoms with Gasteiger partial charge in [0.2, 0.25) is 0 Å². The maximum Gasteiger partial charge on any atom is 0.410 e. The summed E-state index contributed by atoms with van der Waals surface area (Å²) in [6.07, 6.45) is 7.43. The predicted octanol–water partition coefficient (Wildman–Crippen LogP) is 1.87. The summed E-state index contributed by atoms with van der Waals surface area (Å²) in [6.45, 7) is 9.07. The molecule has 6 heteroatoms. The number of nitrogens with zero attached hydrogens (tertiary/aromatic N) is 3. The molecule has 2 rings (SSSR count). The third-order valence-electron chi connectivity index (χ3n) is 3.49. The molecule has 0 aromatic carbocycles. The first-order valence-corrected chi connectivity index (χ1v) is 7.62. The van der Waals surface area contributed by atoms with Crippen LogP contribution in [-0.4, -0.2) is 51.8 Å². The molecule has 21 heavy (non-hydrogen) atoms. The van der Waals surface area contributed by atoms with E-state index in [1.807, 2.05) is 42.8 Å².